The minimum atomic E-state index is 0.524. The molecule has 0 bridgehead atoms. The standard InChI is InChI=1S/C15H24BrN3/c1-12-8-9-19(11-14(17-12)10-18(2)3)15-6-4-13(16)5-7-15/h4-7,12,14,17H,8-11H2,1-3H3. The van der Waals surface area contributed by atoms with Crippen molar-refractivity contribution in [1.82, 2.24) is 10.2 Å². The summed E-state index contributed by atoms with van der Waals surface area (Å²) in [6.07, 6.45) is 1.19. The Morgan fingerprint density at radius 3 is 2.63 bits per heavy atom. The van der Waals surface area contributed by atoms with Crippen molar-refractivity contribution in [3.05, 3.63) is 28.7 Å². The van der Waals surface area contributed by atoms with E-state index in [1.807, 2.05) is 0 Å². The first-order chi connectivity index (χ1) is 9.04. The fraction of sp³-hybridized carbons (Fsp3) is 0.600. The number of nitrogens with one attached hydrogen (secondary N) is 1. The zero-order valence-electron chi connectivity index (χ0n) is 12.1. The molecule has 1 aromatic carbocycles. The van der Waals surface area contributed by atoms with Gasteiger partial charge in [-0.05, 0) is 51.7 Å². The van der Waals surface area contributed by atoms with Crippen molar-refractivity contribution in [3.8, 4) is 0 Å². The third kappa shape index (κ3) is 4.48. The third-order valence-electron chi connectivity index (χ3n) is 3.57. The van der Waals surface area contributed by atoms with Crippen molar-refractivity contribution in [3.63, 3.8) is 0 Å². The second-order valence-corrected chi connectivity index (χ2v) is 6.65. The molecule has 1 heterocycles. The Morgan fingerprint density at radius 1 is 1.32 bits per heavy atom. The number of likely N-dealkylation sites (N-methyl/N-ethyl adjacent to an activating group) is 1. The summed E-state index contributed by atoms with van der Waals surface area (Å²) in [4.78, 5) is 4.76. The van der Waals surface area contributed by atoms with Crippen LogP contribution < -0.4 is 10.2 Å². The highest BCUT2D eigenvalue weighted by atomic mass is 79.9. The first-order valence-corrected chi connectivity index (χ1v) is 7.75. The minimum absolute atomic E-state index is 0.524. The molecular formula is C15H24BrN3. The van der Waals surface area contributed by atoms with Crippen LogP contribution in [0.5, 0.6) is 0 Å². The van der Waals surface area contributed by atoms with Gasteiger partial charge in [-0.25, -0.2) is 0 Å². The molecule has 1 fully saturated rings. The number of benzene rings is 1. The van der Waals surface area contributed by atoms with Gasteiger partial charge in [-0.2, -0.15) is 0 Å². The summed E-state index contributed by atoms with van der Waals surface area (Å²) in [6.45, 7) is 5.56. The number of halogens is 1. The van der Waals surface area contributed by atoms with Crippen molar-refractivity contribution in [2.24, 2.45) is 0 Å². The molecule has 1 N–H and O–H groups in total. The molecule has 0 saturated carbocycles. The van der Waals surface area contributed by atoms with Crippen molar-refractivity contribution in [2.45, 2.75) is 25.4 Å². The highest BCUT2D eigenvalue weighted by Crippen LogP contribution is 2.20. The lowest BCUT2D eigenvalue weighted by molar-refractivity contribution is 0.330. The Balaban J connectivity index is 2.09. The highest BCUT2D eigenvalue weighted by molar-refractivity contribution is 9.10. The molecule has 0 aromatic heterocycles. The monoisotopic (exact) mass is 325 g/mol. The van der Waals surface area contributed by atoms with Crippen LogP contribution in [0.25, 0.3) is 0 Å². The van der Waals surface area contributed by atoms with Crippen molar-refractivity contribution in [1.29, 1.82) is 0 Å². The average molecular weight is 326 g/mol. The summed E-state index contributed by atoms with van der Waals surface area (Å²) in [5.74, 6) is 0. The number of hydrogen-bond acceptors (Lipinski definition) is 3. The smallest absolute Gasteiger partial charge is 0.0373 e. The van der Waals surface area contributed by atoms with Gasteiger partial charge in [-0.3, -0.25) is 0 Å². The lowest BCUT2D eigenvalue weighted by Gasteiger charge is -2.28. The maximum absolute atomic E-state index is 3.73. The molecule has 1 aliphatic heterocycles. The number of rotatable bonds is 3. The largest absolute Gasteiger partial charge is 0.370 e. The van der Waals surface area contributed by atoms with Gasteiger partial charge in [-0.1, -0.05) is 15.9 Å². The zero-order chi connectivity index (χ0) is 13.8. The van der Waals surface area contributed by atoms with E-state index < -0.39 is 0 Å². The van der Waals surface area contributed by atoms with E-state index in [0.29, 0.717) is 12.1 Å². The maximum Gasteiger partial charge on any atom is 0.0373 e. The lowest BCUT2D eigenvalue weighted by atomic mass is 10.2. The van der Waals surface area contributed by atoms with Crippen LogP contribution in [0.4, 0.5) is 5.69 Å². The van der Waals surface area contributed by atoms with E-state index in [2.05, 4.69) is 76.3 Å². The molecule has 2 rings (SSSR count). The minimum Gasteiger partial charge on any atom is -0.370 e. The Morgan fingerprint density at radius 2 is 2.00 bits per heavy atom. The number of hydrogen-bond donors (Lipinski definition) is 1. The lowest BCUT2D eigenvalue weighted by Crippen LogP contribution is -2.46. The van der Waals surface area contributed by atoms with Gasteiger partial charge < -0.3 is 15.1 Å². The van der Waals surface area contributed by atoms with E-state index in [9.17, 15) is 0 Å². The van der Waals surface area contributed by atoms with Crippen LogP contribution in [0.2, 0.25) is 0 Å². The quantitative estimate of drug-likeness (QED) is 0.921. The van der Waals surface area contributed by atoms with E-state index in [0.717, 1.165) is 24.1 Å². The Bertz CT molecular complexity index is 391. The van der Waals surface area contributed by atoms with Crippen LogP contribution in [0, 0.1) is 0 Å². The molecule has 1 saturated heterocycles. The summed E-state index contributed by atoms with van der Waals surface area (Å²) in [7, 11) is 4.28. The van der Waals surface area contributed by atoms with Gasteiger partial charge in [0.05, 0.1) is 0 Å². The van der Waals surface area contributed by atoms with Crippen LogP contribution >= 0.6 is 15.9 Å². The zero-order valence-corrected chi connectivity index (χ0v) is 13.7. The third-order valence-corrected chi connectivity index (χ3v) is 4.10. The molecule has 3 nitrogen and oxygen atoms in total. The van der Waals surface area contributed by atoms with Gasteiger partial charge in [0, 0.05) is 41.9 Å². The molecule has 2 unspecified atom stereocenters. The van der Waals surface area contributed by atoms with Crippen molar-refractivity contribution in [2.75, 3.05) is 38.6 Å². The van der Waals surface area contributed by atoms with Crippen LogP contribution in [-0.2, 0) is 0 Å². The number of nitrogens with zero attached hydrogens (tertiary/aromatic N) is 2. The Kier molecular flexibility index (Phi) is 5.25. The van der Waals surface area contributed by atoms with Crippen molar-refractivity contribution >= 4 is 21.6 Å². The second-order valence-electron chi connectivity index (χ2n) is 5.74. The summed E-state index contributed by atoms with van der Waals surface area (Å²) in [6, 6.07) is 9.76. The highest BCUT2D eigenvalue weighted by Gasteiger charge is 2.21. The normalized spacial score (nSPS) is 24.6. The Hall–Kier alpha value is -0.580. The summed E-state index contributed by atoms with van der Waals surface area (Å²) >= 11 is 3.50. The Labute approximate surface area is 125 Å². The van der Waals surface area contributed by atoms with Gasteiger partial charge in [-0.15, -0.1) is 0 Å². The molecule has 2 atom stereocenters. The van der Waals surface area contributed by atoms with E-state index in [1.54, 1.807) is 0 Å². The topological polar surface area (TPSA) is 18.5 Å². The molecule has 0 amide bonds. The molecular weight excluding hydrogens is 302 g/mol. The van der Waals surface area contributed by atoms with Gasteiger partial charge in [0.1, 0.15) is 0 Å². The molecule has 1 aliphatic rings. The van der Waals surface area contributed by atoms with Gasteiger partial charge >= 0.3 is 0 Å². The predicted octanol–water partition coefficient (Wildman–Crippen LogP) is 2.57. The van der Waals surface area contributed by atoms with Crippen molar-refractivity contribution < 1.29 is 0 Å². The molecule has 4 heteroatoms. The van der Waals surface area contributed by atoms with Crippen LogP contribution in [0.1, 0.15) is 13.3 Å². The van der Waals surface area contributed by atoms with Gasteiger partial charge in [0.2, 0.25) is 0 Å². The first kappa shape index (κ1) is 14.8. The maximum atomic E-state index is 3.73. The summed E-state index contributed by atoms with van der Waals surface area (Å²) in [5, 5.41) is 3.73. The fourth-order valence-corrected chi connectivity index (χ4v) is 2.95. The second kappa shape index (κ2) is 6.73. The molecule has 19 heavy (non-hydrogen) atoms. The molecule has 0 radical (unpaired) electrons. The predicted molar refractivity (Wildman–Crippen MR) is 85.9 cm³/mol. The molecule has 0 spiro atoms. The first-order valence-electron chi connectivity index (χ1n) is 6.96. The van der Waals surface area contributed by atoms with Crippen LogP contribution in [0.15, 0.2) is 28.7 Å². The SMILES string of the molecule is CC1CCN(c2ccc(Br)cc2)CC(CN(C)C)N1. The molecule has 106 valence electrons. The molecule has 1 aromatic rings. The van der Waals surface area contributed by atoms with Gasteiger partial charge in [0.25, 0.3) is 0 Å². The van der Waals surface area contributed by atoms with Crippen LogP contribution in [-0.4, -0.2) is 50.7 Å². The van der Waals surface area contributed by atoms with E-state index in [-0.39, 0.29) is 0 Å². The number of anilines is 1. The fourth-order valence-electron chi connectivity index (χ4n) is 2.68. The average Bonchev–Trinajstić information content (AvgIpc) is 2.51. The van der Waals surface area contributed by atoms with Gasteiger partial charge in [0.15, 0.2) is 0 Å². The van der Waals surface area contributed by atoms with E-state index >= 15 is 0 Å². The van der Waals surface area contributed by atoms with E-state index in [1.165, 1.54) is 12.1 Å². The van der Waals surface area contributed by atoms with Crippen LogP contribution in [0.3, 0.4) is 0 Å². The summed E-state index contributed by atoms with van der Waals surface area (Å²) < 4.78 is 1.14. The summed E-state index contributed by atoms with van der Waals surface area (Å²) in [5.41, 5.74) is 1.32. The van der Waals surface area contributed by atoms with E-state index in [4.69, 9.17) is 0 Å². The molecule has 0 aliphatic carbocycles.